The van der Waals surface area contributed by atoms with E-state index < -0.39 is 0 Å². The summed E-state index contributed by atoms with van der Waals surface area (Å²) in [6.07, 6.45) is 6.05. The first-order valence-electron chi connectivity index (χ1n) is 8.42. The van der Waals surface area contributed by atoms with E-state index in [0.29, 0.717) is 10.6 Å². The molecule has 1 saturated carbocycles. The Balaban J connectivity index is 1.44. The molecule has 0 atom stereocenters. The van der Waals surface area contributed by atoms with E-state index in [1.54, 1.807) is 12.1 Å². The SMILES string of the molecule is O=C(Cc1cc(Cl)ccc1O)Nc1cccc(C2=CC3(CCC3)N2)c1. The summed E-state index contributed by atoms with van der Waals surface area (Å²) in [6.45, 7) is 0. The monoisotopic (exact) mass is 354 g/mol. The van der Waals surface area contributed by atoms with Crippen molar-refractivity contribution >= 4 is 28.9 Å². The predicted octanol–water partition coefficient (Wildman–Crippen LogP) is 4.09. The number of benzene rings is 2. The molecule has 5 heteroatoms. The van der Waals surface area contributed by atoms with E-state index in [1.165, 1.54) is 25.3 Å². The molecule has 1 fully saturated rings. The molecule has 4 nitrogen and oxygen atoms in total. The van der Waals surface area contributed by atoms with Crippen molar-refractivity contribution in [1.29, 1.82) is 0 Å². The molecule has 1 aliphatic carbocycles. The van der Waals surface area contributed by atoms with Crippen LogP contribution in [0.25, 0.3) is 5.70 Å². The van der Waals surface area contributed by atoms with Gasteiger partial charge in [0.1, 0.15) is 5.75 Å². The zero-order valence-electron chi connectivity index (χ0n) is 13.7. The van der Waals surface area contributed by atoms with Gasteiger partial charge < -0.3 is 15.7 Å². The molecule has 2 aromatic carbocycles. The van der Waals surface area contributed by atoms with Crippen LogP contribution in [0, 0.1) is 0 Å². The van der Waals surface area contributed by atoms with E-state index in [-0.39, 0.29) is 23.6 Å². The molecule has 4 rings (SSSR count). The normalized spacial score (nSPS) is 17.1. The lowest BCUT2D eigenvalue weighted by atomic mass is 9.71. The molecule has 0 saturated heterocycles. The molecular formula is C20H19ClN2O2. The zero-order chi connectivity index (χ0) is 17.4. The van der Waals surface area contributed by atoms with Gasteiger partial charge in [0.25, 0.3) is 0 Å². The van der Waals surface area contributed by atoms with E-state index in [2.05, 4.69) is 16.7 Å². The molecule has 1 spiro atoms. The number of aromatic hydroxyl groups is 1. The molecule has 25 heavy (non-hydrogen) atoms. The van der Waals surface area contributed by atoms with Gasteiger partial charge in [0.15, 0.2) is 0 Å². The Morgan fingerprint density at radius 2 is 2.04 bits per heavy atom. The molecule has 128 valence electrons. The Morgan fingerprint density at radius 1 is 1.24 bits per heavy atom. The largest absolute Gasteiger partial charge is 0.508 e. The molecule has 0 unspecified atom stereocenters. The van der Waals surface area contributed by atoms with E-state index in [9.17, 15) is 9.90 Å². The molecule has 1 aliphatic heterocycles. The lowest BCUT2D eigenvalue weighted by molar-refractivity contribution is -0.115. The van der Waals surface area contributed by atoms with Crippen molar-refractivity contribution < 1.29 is 9.90 Å². The minimum atomic E-state index is -0.194. The third kappa shape index (κ3) is 3.22. The van der Waals surface area contributed by atoms with Crippen LogP contribution in [0.3, 0.4) is 0 Å². The summed E-state index contributed by atoms with van der Waals surface area (Å²) in [7, 11) is 0. The number of carbonyl (C=O) groups excluding carboxylic acids is 1. The van der Waals surface area contributed by atoms with Crippen LogP contribution < -0.4 is 10.6 Å². The summed E-state index contributed by atoms with van der Waals surface area (Å²) in [5, 5.41) is 16.8. The molecule has 2 aliphatic rings. The number of phenols is 1. The molecular weight excluding hydrogens is 336 g/mol. The Bertz CT molecular complexity index is 872. The second-order valence-electron chi connectivity index (χ2n) is 6.77. The number of hydrogen-bond donors (Lipinski definition) is 3. The fraction of sp³-hybridized carbons (Fsp3) is 0.250. The van der Waals surface area contributed by atoms with E-state index in [0.717, 1.165) is 16.9 Å². The molecule has 2 aromatic rings. The first-order chi connectivity index (χ1) is 12.0. The van der Waals surface area contributed by atoms with Crippen LogP contribution >= 0.6 is 11.6 Å². The summed E-state index contributed by atoms with van der Waals surface area (Å²) >= 11 is 5.92. The van der Waals surface area contributed by atoms with Gasteiger partial charge in [0.2, 0.25) is 5.91 Å². The van der Waals surface area contributed by atoms with Crippen LogP contribution in [0.4, 0.5) is 5.69 Å². The highest BCUT2D eigenvalue weighted by atomic mass is 35.5. The number of phenolic OH excluding ortho intramolecular Hbond substituents is 1. The molecule has 1 amide bonds. The topological polar surface area (TPSA) is 61.4 Å². The highest BCUT2D eigenvalue weighted by Gasteiger charge is 2.41. The van der Waals surface area contributed by atoms with Gasteiger partial charge in [-0.15, -0.1) is 0 Å². The fourth-order valence-electron chi connectivity index (χ4n) is 3.36. The Labute approximate surface area is 151 Å². The van der Waals surface area contributed by atoms with Crippen molar-refractivity contribution in [3.63, 3.8) is 0 Å². The number of halogens is 1. The van der Waals surface area contributed by atoms with Crippen LogP contribution in [0.1, 0.15) is 30.4 Å². The Morgan fingerprint density at radius 3 is 2.76 bits per heavy atom. The fourth-order valence-corrected chi connectivity index (χ4v) is 3.55. The molecule has 0 radical (unpaired) electrons. The average Bonchev–Trinajstić information content (AvgIpc) is 2.48. The van der Waals surface area contributed by atoms with Crippen molar-refractivity contribution in [3.05, 3.63) is 64.7 Å². The maximum atomic E-state index is 12.3. The summed E-state index contributed by atoms with van der Waals surface area (Å²) in [6, 6.07) is 12.5. The molecule has 0 bridgehead atoms. The first-order valence-corrected chi connectivity index (χ1v) is 8.80. The van der Waals surface area contributed by atoms with Crippen LogP contribution in [0.5, 0.6) is 5.75 Å². The molecule has 0 aromatic heterocycles. The number of anilines is 1. The average molecular weight is 355 g/mol. The number of amides is 1. The van der Waals surface area contributed by atoms with Crippen LogP contribution in [-0.4, -0.2) is 16.6 Å². The van der Waals surface area contributed by atoms with Crippen LogP contribution in [0.2, 0.25) is 5.02 Å². The maximum Gasteiger partial charge on any atom is 0.228 e. The number of carbonyl (C=O) groups is 1. The van der Waals surface area contributed by atoms with Gasteiger partial charge in [0, 0.05) is 22.0 Å². The van der Waals surface area contributed by atoms with Crippen LogP contribution in [0.15, 0.2) is 48.5 Å². The quantitative estimate of drug-likeness (QED) is 0.774. The lowest BCUT2D eigenvalue weighted by Crippen LogP contribution is -2.55. The van der Waals surface area contributed by atoms with E-state index in [4.69, 9.17) is 11.6 Å². The lowest BCUT2D eigenvalue weighted by Gasteiger charge is -2.49. The van der Waals surface area contributed by atoms with Crippen molar-refractivity contribution in [2.24, 2.45) is 0 Å². The van der Waals surface area contributed by atoms with Crippen molar-refractivity contribution in [1.82, 2.24) is 5.32 Å². The minimum absolute atomic E-state index is 0.0701. The first kappa shape index (κ1) is 16.0. The Hall–Kier alpha value is -2.46. The second kappa shape index (κ2) is 6.12. The molecule has 1 heterocycles. The summed E-state index contributed by atoms with van der Waals surface area (Å²) in [5.41, 5.74) is 3.68. The maximum absolute atomic E-state index is 12.3. The van der Waals surface area contributed by atoms with Gasteiger partial charge in [-0.25, -0.2) is 0 Å². The van der Waals surface area contributed by atoms with Gasteiger partial charge in [0.05, 0.1) is 12.0 Å². The highest BCUT2D eigenvalue weighted by Crippen LogP contribution is 2.42. The van der Waals surface area contributed by atoms with Crippen molar-refractivity contribution in [2.45, 2.75) is 31.2 Å². The second-order valence-corrected chi connectivity index (χ2v) is 7.21. The summed E-state index contributed by atoms with van der Waals surface area (Å²) in [5.74, 6) is -0.122. The summed E-state index contributed by atoms with van der Waals surface area (Å²) in [4.78, 5) is 12.3. The van der Waals surface area contributed by atoms with Gasteiger partial charge in [-0.3, -0.25) is 4.79 Å². The van der Waals surface area contributed by atoms with Crippen molar-refractivity contribution in [3.8, 4) is 5.75 Å². The number of nitrogens with one attached hydrogen (secondary N) is 2. The predicted molar refractivity (Wildman–Crippen MR) is 99.6 cm³/mol. The highest BCUT2D eigenvalue weighted by molar-refractivity contribution is 6.30. The minimum Gasteiger partial charge on any atom is -0.508 e. The molecule has 3 N–H and O–H groups in total. The number of hydrogen-bond acceptors (Lipinski definition) is 3. The van der Waals surface area contributed by atoms with Gasteiger partial charge in [-0.05, 0) is 61.2 Å². The third-order valence-electron chi connectivity index (χ3n) is 4.90. The Kier molecular flexibility index (Phi) is 3.92. The standard InChI is InChI=1S/C20H19ClN2O2/c21-15-5-6-18(24)14(9-15)11-19(25)22-16-4-1-3-13(10-16)17-12-20(23-17)7-2-8-20/h1,3-6,9-10,12,23-24H,2,7-8,11H2,(H,22,25). The van der Waals surface area contributed by atoms with Crippen LogP contribution in [-0.2, 0) is 11.2 Å². The van der Waals surface area contributed by atoms with Gasteiger partial charge in [-0.1, -0.05) is 23.7 Å². The third-order valence-corrected chi connectivity index (χ3v) is 5.14. The zero-order valence-corrected chi connectivity index (χ0v) is 14.4. The van der Waals surface area contributed by atoms with E-state index >= 15 is 0 Å². The van der Waals surface area contributed by atoms with E-state index in [1.807, 2.05) is 24.3 Å². The van der Waals surface area contributed by atoms with Gasteiger partial charge >= 0.3 is 0 Å². The van der Waals surface area contributed by atoms with Crippen molar-refractivity contribution in [2.75, 3.05) is 5.32 Å². The number of rotatable bonds is 4. The van der Waals surface area contributed by atoms with Gasteiger partial charge in [-0.2, -0.15) is 0 Å². The smallest absolute Gasteiger partial charge is 0.228 e. The summed E-state index contributed by atoms with van der Waals surface area (Å²) < 4.78 is 0.